The molecule has 1 fully saturated rings. The van der Waals surface area contributed by atoms with E-state index in [0.717, 1.165) is 47.3 Å². The number of aliphatic hydroxyl groups is 1. The van der Waals surface area contributed by atoms with Gasteiger partial charge < -0.3 is 20.5 Å². The predicted molar refractivity (Wildman–Crippen MR) is 108 cm³/mol. The summed E-state index contributed by atoms with van der Waals surface area (Å²) in [4.78, 5) is 36.5. The van der Waals surface area contributed by atoms with Gasteiger partial charge in [0, 0.05) is 23.7 Å². The number of anilines is 2. The second kappa shape index (κ2) is 8.15. The van der Waals surface area contributed by atoms with Gasteiger partial charge in [-0.2, -0.15) is 5.10 Å². The zero-order valence-corrected chi connectivity index (χ0v) is 16.5. The number of H-pyrrole nitrogens is 1. The number of cyclic esters (lactones) is 1. The standard InChI is InChI=1S/C20H23N5O5/c1-11(27)21-8-14-9-25(20(29)30-14)13-5-6-15-12(7-13)3-2-4-16-18(15)23-24-19(16)22-17(28)10-26/h5-7,14,26H,2-4,8-10H2,1H3,(H,21,27)(H2,22,23,24,28). The van der Waals surface area contributed by atoms with Crippen molar-refractivity contribution in [1.82, 2.24) is 15.5 Å². The van der Waals surface area contributed by atoms with Gasteiger partial charge in [0.1, 0.15) is 12.7 Å². The minimum Gasteiger partial charge on any atom is -0.442 e. The Hall–Kier alpha value is -3.40. The first kappa shape index (κ1) is 19.9. The summed E-state index contributed by atoms with van der Waals surface area (Å²) in [7, 11) is 0. The average molecular weight is 413 g/mol. The Balaban J connectivity index is 1.57. The highest BCUT2D eigenvalue weighted by Gasteiger charge is 2.33. The smallest absolute Gasteiger partial charge is 0.414 e. The van der Waals surface area contributed by atoms with Crippen molar-refractivity contribution in [3.05, 3.63) is 29.3 Å². The molecule has 158 valence electrons. The molecule has 4 rings (SSSR count). The molecule has 1 aromatic carbocycles. The topological polar surface area (TPSA) is 137 Å². The average Bonchev–Trinajstić information content (AvgIpc) is 3.23. The number of amides is 3. The summed E-state index contributed by atoms with van der Waals surface area (Å²) in [6.45, 7) is 1.47. The number of aliphatic hydroxyl groups excluding tert-OH is 1. The molecule has 0 spiro atoms. The Bertz CT molecular complexity index is 1000. The van der Waals surface area contributed by atoms with Gasteiger partial charge in [-0.05, 0) is 37.0 Å². The highest BCUT2D eigenvalue weighted by atomic mass is 16.6. The quantitative estimate of drug-likeness (QED) is 0.576. The third-order valence-corrected chi connectivity index (χ3v) is 5.26. The SMILES string of the molecule is CC(=O)NCC1CN(c2ccc3c(c2)CCCc2c(NC(=O)CO)n[nH]c2-3)C(=O)O1. The number of rotatable bonds is 5. The summed E-state index contributed by atoms with van der Waals surface area (Å²) in [5, 5.41) is 21.4. The molecule has 1 atom stereocenters. The van der Waals surface area contributed by atoms with E-state index in [2.05, 4.69) is 20.8 Å². The molecule has 1 aromatic heterocycles. The molecule has 2 aromatic rings. The Morgan fingerprint density at radius 3 is 2.97 bits per heavy atom. The van der Waals surface area contributed by atoms with E-state index in [0.29, 0.717) is 12.4 Å². The van der Waals surface area contributed by atoms with Crippen molar-refractivity contribution >= 4 is 29.4 Å². The molecule has 30 heavy (non-hydrogen) atoms. The summed E-state index contributed by atoms with van der Waals surface area (Å²) in [5.74, 6) is -0.241. The third kappa shape index (κ3) is 3.86. The lowest BCUT2D eigenvalue weighted by Crippen LogP contribution is -2.33. The van der Waals surface area contributed by atoms with Gasteiger partial charge in [0.15, 0.2) is 5.82 Å². The van der Waals surface area contributed by atoms with E-state index in [-0.39, 0.29) is 12.5 Å². The van der Waals surface area contributed by atoms with E-state index < -0.39 is 24.7 Å². The second-order valence-corrected chi connectivity index (χ2v) is 7.38. The molecule has 0 saturated carbocycles. The number of aromatic amines is 1. The number of nitrogens with zero attached hydrogens (tertiary/aromatic N) is 2. The number of ether oxygens (including phenoxy) is 1. The maximum atomic E-state index is 12.3. The second-order valence-electron chi connectivity index (χ2n) is 7.38. The van der Waals surface area contributed by atoms with E-state index in [9.17, 15) is 14.4 Å². The zero-order chi connectivity index (χ0) is 21.3. The number of hydrogen-bond acceptors (Lipinski definition) is 6. The van der Waals surface area contributed by atoms with Gasteiger partial charge in [0.05, 0.1) is 18.8 Å². The molecular weight excluding hydrogens is 390 g/mol. The van der Waals surface area contributed by atoms with Gasteiger partial charge in [-0.3, -0.25) is 19.6 Å². The van der Waals surface area contributed by atoms with Crippen LogP contribution in [0.5, 0.6) is 0 Å². The largest absolute Gasteiger partial charge is 0.442 e. The Kier molecular flexibility index (Phi) is 5.40. The van der Waals surface area contributed by atoms with Gasteiger partial charge in [-0.25, -0.2) is 4.79 Å². The van der Waals surface area contributed by atoms with Crippen LogP contribution in [0.15, 0.2) is 18.2 Å². The molecule has 1 aliphatic carbocycles. The number of aryl methyl sites for hydroxylation is 1. The van der Waals surface area contributed by atoms with Crippen molar-refractivity contribution in [1.29, 1.82) is 0 Å². The molecule has 3 amide bonds. The molecule has 1 unspecified atom stereocenters. The minimum atomic E-state index is -0.601. The number of hydrogen-bond donors (Lipinski definition) is 4. The van der Waals surface area contributed by atoms with Crippen molar-refractivity contribution in [2.75, 3.05) is 29.9 Å². The molecular formula is C20H23N5O5. The molecule has 2 aliphatic rings. The normalized spacial score (nSPS) is 17.6. The van der Waals surface area contributed by atoms with E-state index in [4.69, 9.17) is 9.84 Å². The van der Waals surface area contributed by atoms with Crippen LogP contribution in [0.25, 0.3) is 11.3 Å². The first-order chi connectivity index (χ1) is 14.5. The molecule has 0 bridgehead atoms. The number of fused-ring (bicyclic) bond motifs is 3. The summed E-state index contributed by atoms with van der Waals surface area (Å²) in [5.41, 5.74) is 4.49. The summed E-state index contributed by atoms with van der Waals surface area (Å²) in [6.07, 6.45) is 1.55. The lowest BCUT2D eigenvalue weighted by Gasteiger charge is -2.16. The molecule has 1 aliphatic heterocycles. The van der Waals surface area contributed by atoms with E-state index in [1.54, 1.807) is 4.90 Å². The predicted octanol–water partition coefficient (Wildman–Crippen LogP) is 0.958. The number of nitrogens with one attached hydrogen (secondary N) is 3. The van der Waals surface area contributed by atoms with E-state index in [1.807, 2.05) is 18.2 Å². The van der Waals surface area contributed by atoms with Gasteiger partial charge in [0.2, 0.25) is 5.91 Å². The van der Waals surface area contributed by atoms with Gasteiger partial charge >= 0.3 is 6.09 Å². The van der Waals surface area contributed by atoms with Crippen molar-refractivity contribution in [3.8, 4) is 11.3 Å². The first-order valence-corrected chi connectivity index (χ1v) is 9.80. The monoisotopic (exact) mass is 413 g/mol. The van der Waals surface area contributed by atoms with Crippen LogP contribution in [-0.2, 0) is 27.2 Å². The fourth-order valence-corrected chi connectivity index (χ4v) is 3.86. The number of carbonyl (C=O) groups is 3. The van der Waals surface area contributed by atoms with Crippen LogP contribution < -0.4 is 15.5 Å². The van der Waals surface area contributed by atoms with Crippen LogP contribution in [0.1, 0.15) is 24.5 Å². The summed E-state index contributed by atoms with van der Waals surface area (Å²) >= 11 is 0. The first-order valence-electron chi connectivity index (χ1n) is 9.80. The fraction of sp³-hybridized carbons (Fsp3) is 0.400. The molecule has 2 heterocycles. The minimum absolute atomic E-state index is 0.167. The van der Waals surface area contributed by atoms with Crippen LogP contribution >= 0.6 is 0 Å². The molecule has 1 saturated heterocycles. The van der Waals surface area contributed by atoms with Gasteiger partial charge in [-0.1, -0.05) is 6.07 Å². The Labute approximate surface area is 172 Å². The fourth-order valence-electron chi connectivity index (χ4n) is 3.86. The highest BCUT2D eigenvalue weighted by Crippen LogP contribution is 2.36. The lowest BCUT2D eigenvalue weighted by molar-refractivity contribution is -0.119. The highest BCUT2D eigenvalue weighted by molar-refractivity contribution is 5.93. The zero-order valence-electron chi connectivity index (χ0n) is 16.5. The maximum absolute atomic E-state index is 12.3. The van der Waals surface area contributed by atoms with E-state index >= 15 is 0 Å². The molecule has 10 heteroatoms. The van der Waals surface area contributed by atoms with Crippen molar-refractivity contribution in [2.45, 2.75) is 32.3 Å². The molecule has 0 radical (unpaired) electrons. The van der Waals surface area contributed by atoms with Crippen LogP contribution in [-0.4, -0.2) is 59.0 Å². The third-order valence-electron chi connectivity index (χ3n) is 5.26. The van der Waals surface area contributed by atoms with Gasteiger partial charge in [0.25, 0.3) is 5.91 Å². The maximum Gasteiger partial charge on any atom is 0.414 e. The number of aromatic nitrogens is 2. The summed E-state index contributed by atoms with van der Waals surface area (Å²) < 4.78 is 5.35. The molecule has 4 N–H and O–H groups in total. The van der Waals surface area contributed by atoms with Gasteiger partial charge in [-0.15, -0.1) is 0 Å². The molecule has 10 nitrogen and oxygen atoms in total. The lowest BCUT2D eigenvalue weighted by atomic mass is 10.0. The Morgan fingerprint density at radius 2 is 2.20 bits per heavy atom. The van der Waals surface area contributed by atoms with Crippen LogP contribution in [0.3, 0.4) is 0 Å². The summed E-state index contributed by atoms with van der Waals surface area (Å²) in [6, 6.07) is 5.75. The van der Waals surface area contributed by atoms with Crippen molar-refractivity contribution in [3.63, 3.8) is 0 Å². The van der Waals surface area contributed by atoms with E-state index in [1.165, 1.54) is 6.92 Å². The van der Waals surface area contributed by atoms with Crippen molar-refractivity contribution < 1.29 is 24.2 Å². The number of benzene rings is 1. The van der Waals surface area contributed by atoms with Crippen LogP contribution in [0.2, 0.25) is 0 Å². The van der Waals surface area contributed by atoms with Crippen molar-refractivity contribution in [2.24, 2.45) is 0 Å². The Morgan fingerprint density at radius 1 is 1.37 bits per heavy atom. The van der Waals surface area contributed by atoms with Crippen LogP contribution in [0.4, 0.5) is 16.3 Å². The van der Waals surface area contributed by atoms with Crippen LogP contribution in [0, 0.1) is 0 Å². The number of carbonyl (C=O) groups excluding carboxylic acids is 3.